The number of fused-ring (bicyclic) bond motifs is 1. The standard InChI is InChI=1S/C17H19N3O/c1-20(2)15-5-3-4-14(11-15)19-17(21)13-7-6-12-8-9-18-16(12)10-13/h3-7,10-11,18H,8-9H2,1-2H3,(H,19,21). The van der Waals surface area contributed by atoms with E-state index in [0.717, 1.165) is 30.0 Å². The molecule has 1 aliphatic heterocycles. The zero-order valence-electron chi connectivity index (χ0n) is 12.3. The van der Waals surface area contributed by atoms with Crippen LogP contribution in [0, 0.1) is 0 Å². The summed E-state index contributed by atoms with van der Waals surface area (Å²) < 4.78 is 0. The molecular formula is C17H19N3O. The van der Waals surface area contributed by atoms with E-state index in [4.69, 9.17) is 0 Å². The molecule has 0 radical (unpaired) electrons. The fraction of sp³-hybridized carbons (Fsp3) is 0.235. The van der Waals surface area contributed by atoms with E-state index in [1.807, 2.05) is 61.5 Å². The van der Waals surface area contributed by atoms with Crippen molar-refractivity contribution < 1.29 is 4.79 Å². The molecule has 0 aliphatic carbocycles. The molecule has 0 atom stereocenters. The van der Waals surface area contributed by atoms with Gasteiger partial charge in [0, 0.05) is 43.3 Å². The Balaban J connectivity index is 1.78. The van der Waals surface area contributed by atoms with Gasteiger partial charge in [0.15, 0.2) is 0 Å². The minimum Gasteiger partial charge on any atom is -0.384 e. The van der Waals surface area contributed by atoms with E-state index in [9.17, 15) is 4.79 Å². The second-order valence-electron chi connectivity index (χ2n) is 5.45. The number of hydrogen-bond donors (Lipinski definition) is 2. The highest BCUT2D eigenvalue weighted by Gasteiger charge is 2.13. The molecular weight excluding hydrogens is 262 g/mol. The molecule has 2 aromatic rings. The molecule has 1 heterocycles. The Hall–Kier alpha value is -2.49. The lowest BCUT2D eigenvalue weighted by atomic mass is 10.1. The molecule has 0 saturated heterocycles. The minimum atomic E-state index is -0.0811. The van der Waals surface area contributed by atoms with Crippen molar-refractivity contribution in [3.05, 3.63) is 53.6 Å². The number of carbonyl (C=O) groups excluding carboxylic acids is 1. The third-order valence-electron chi connectivity index (χ3n) is 3.70. The van der Waals surface area contributed by atoms with Gasteiger partial charge in [0.2, 0.25) is 0 Å². The van der Waals surface area contributed by atoms with Gasteiger partial charge in [-0.25, -0.2) is 0 Å². The molecule has 0 unspecified atom stereocenters. The van der Waals surface area contributed by atoms with E-state index >= 15 is 0 Å². The summed E-state index contributed by atoms with van der Waals surface area (Å²) in [4.78, 5) is 14.4. The topological polar surface area (TPSA) is 44.4 Å². The van der Waals surface area contributed by atoms with Gasteiger partial charge in [0.1, 0.15) is 0 Å². The number of rotatable bonds is 3. The van der Waals surface area contributed by atoms with Gasteiger partial charge in [-0.1, -0.05) is 12.1 Å². The number of nitrogens with one attached hydrogen (secondary N) is 2. The summed E-state index contributed by atoms with van der Waals surface area (Å²) in [6.45, 7) is 0.950. The maximum atomic E-state index is 12.3. The summed E-state index contributed by atoms with van der Waals surface area (Å²) in [5.74, 6) is -0.0811. The van der Waals surface area contributed by atoms with Crippen molar-refractivity contribution in [2.75, 3.05) is 36.2 Å². The zero-order chi connectivity index (χ0) is 14.8. The Bertz CT molecular complexity index is 679. The van der Waals surface area contributed by atoms with Gasteiger partial charge >= 0.3 is 0 Å². The van der Waals surface area contributed by atoms with E-state index in [1.165, 1.54) is 5.56 Å². The second-order valence-corrected chi connectivity index (χ2v) is 5.45. The first-order chi connectivity index (χ1) is 10.1. The first-order valence-electron chi connectivity index (χ1n) is 7.09. The molecule has 4 heteroatoms. The lowest BCUT2D eigenvalue weighted by molar-refractivity contribution is 0.102. The molecule has 21 heavy (non-hydrogen) atoms. The molecule has 1 aliphatic rings. The van der Waals surface area contributed by atoms with Crippen LogP contribution in [0.2, 0.25) is 0 Å². The van der Waals surface area contributed by atoms with Gasteiger partial charge in [-0.15, -0.1) is 0 Å². The molecule has 3 rings (SSSR count). The smallest absolute Gasteiger partial charge is 0.255 e. The Morgan fingerprint density at radius 2 is 2.05 bits per heavy atom. The third-order valence-corrected chi connectivity index (χ3v) is 3.70. The molecule has 108 valence electrons. The van der Waals surface area contributed by atoms with Gasteiger partial charge < -0.3 is 15.5 Å². The van der Waals surface area contributed by atoms with Crippen LogP contribution in [0.25, 0.3) is 0 Å². The van der Waals surface area contributed by atoms with Crippen molar-refractivity contribution in [2.45, 2.75) is 6.42 Å². The predicted molar refractivity (Wildman–Crippen MR) is 87.4 cm³/mol. The second kappa shape index (κ2) is 5.48. The Kier molecular flexibility index (Phi) is 3.52. The van der Waals surface area contributed by atoms with Crippen LogP contribution in [-0.2, 0) is 6.42 Å². The molecule has 2 N–H and O–H groups in total. The SMILES string of the molecule is CN(C)c1cccc(NC(=O)c2ccc3c(c2)NCC3)c1. The average molecular weight is 281 g/mol. The Morgan fingerprint density at radius 3 is 2.86 bits per heavy atom. The predicted octanol–water partition coefficient (Wildman–Crippen LogP) is 2.97. The lowest BCUT2D eigenvalue weighted by Crippen LogP contribution is -2.13. The zero-order valence-corrected chi connectivity index (χ0v) is 12.3. The van der Waals surface area contributed by atoms with E-state index in [2.05, 4.69) is 10.6 Å². The van der Waals surface area contributed by atoms with Crippen LogP contribution in [-0.4, -0.2) is 26.5 Å². The van der Waals surface area contributed by atoms with Crippen molar-refractivity contribution >= 4 is 23.0 Å². The number of hydrogen-bond acceptors (Lipinski definition) is 3. The van der Waals surface area contributed by atoms with Gasteiger partial charge in [-0.2, -0.15) is 0 Å². The molecule has 0 bridgehead atoms. The van der Waals surface area contributed by atoms with Crippen LogP contribution in [0.1, 0.15) is 15.9 Å². The van der Waals surface area contributed by atoms with Crippen LogP contribution in [0.15, 0.2) is 42.5 Å². The summed E-state index contributed by atoms with van der Waals surface area (Å²) in [6, 6.07) is 13.6. The van der Waals surface area contributed by atoms with Crippen molar-refractivity contribution in [2.24, 2.45) is 0 Å². The quantitative estimate of drug-likeness (QED) is 0.909. The van der Waals surface area contributed by atoms with Crippen LogP contribution in [0.4, 0.5) is 17.1 Å². The van der Waals surface area contributed by atoms with Crippen LogP contribution in [0.5, 0.6) is 0 Å². The lowest BCUT2D eigenvalue weighted by Gasteiger charge is -2.14. The first kappa shape index (κ1) is 13.5. The maximum absolute atomic E-state index is 12.3. The highest BCUT2D eigenvalue weighted by molar-refractivity contribution is 6.05. The minimum absolute atomic E-state index is 0.0811. The molecule has 0 aromatic heterocycles. The molecule has 0 saturated carbocycles. The number of benzene rings is 2. The molecule has 4 nitrogen and oxygen atoms in total. The van der Waals surface area contributed by atoms with Crippen LogP contribution >= 0.6 is 0 Å². The summed E-state index contributed by atoms with van der Waals surface area (Å²) >= 11 is 0. The van der Waals surface area contributed by atoms with Gasteiger partial charge in [0.25, 0.3) is 5.91 Å². The molecule has 1 amide bonds. The highest BCUT2D eigenvalue weighted by Crippen LogP contribution is 2.24. The van der Waals surface area contributed by atoms with Gasteiger partial charge in [0.05, 0.1) is 0 Å². The summed E-state index contributed by atoms with van der Waals surface area (Å²) in [5, 5.41) is 6.25. The van der Waals surface area contributed by atoms with Crippen molar-refractivity contribution in [1.82, 2.24) is 0 Å². The van der Waals surface area contributed by atoms with Crippen LogP contribution < -0.4 is 15.5 Å². The Morgan fingerprint density at radius 1 is 1.19 bits per heavy atom. The average Bonchev–Trinajstić information content (AvgIpc) is 2.94. The Labute approximate surface area is 124 Å². The summed E-state index contributed by atoms with van der Waals surface area (Å²) in [6.07, 6.45) is 1.03. The largest absolute Gasteiger partial charge is 0.384 e. The van der Waals surface area contributed by atoms with E-state index < -0.39 is 0 Å². The monoisotopic (exact) mass is 281 g/mol. The van der Waals surface area contributed by atoms with Crippen molar-refractivity contribution in [3.8, 4) is 0 Å². The third kappa shape index (κ3) is 2.84. The number of nitrogens with zero attached hydrogens (tertiary/aromatic N) is 1. The fourth-order valence-corrected chi connectivity index (χ4v) is 2.50. The molecule has 0 spiro atoms. The van der Waals surface area contributed by atoms with Crippen LogP contribution in [0.3, 0.4) is 0 Å². The summed E-state index contributed by atoms with van der Waals surface area (Å²) in [7, 11) is 3.96. The number of anilines is 3. The number of carbonyl (C=O) groups is 1. The molecule has 2 aromatic carbocycles. The van der Waals surface area contributed by atoms with Crippen molar-refractivity contribution in [1.29, 1.82) is 0 Å². The van der Waals surface area contributed by atoms with E-state index in [0.29, 0.717) is 5.56 Å². The molecule has 0 fully saturated rings. The highest BCUT2D eigenvalue weighted by atomic mass is 16.1. The van der Waals surface area contributed by atoms with Crippen molar-refractivity contribution in [3.63, 3.8) is 0 Å². The number of amides is 1. The van der Waals surface area contributed by atoms with E-state index in [-0.39, 0.29) is 5.91 Å². The summed E-state index contributed by atoms with van der Waals surface area (Å²) in [5.41, 5.74) is 4.90. The van der Waals surface area contributed by atoms with E-state index in [1.54, 1.807) is 0 Å². The van der Waals surface area contributed by atoms with Gasteiger partial charge in [-0.3, -0.25) is 4.79 Å². The van der Waals surface area contributed by atoms with Gasteiger partial charge in [-0.05, 0) is 42.3 Å². The fourth-order valence-electron chi connectivity index (χ4n) is 2.50. The first-order valence-corrected chi connectivity index (χ1v) is 7.09. The normalized spacial score (nSPS) is 12.5. The maximum Gasteiger partial charge on any atom is 0.255 e.